The first-order chi connectivity index (χ1) is 16.1. The van der Waals surface area contributed by atoms with E-state index in [9.17, 15) is 14.4 Å². The van der Waals surface area contributed by atoms with Gasteiger partial charge in [-0.2, -0.15) is 0 Å². The molecule has 33 heavy (non-hydrogen) atoms. The van der Waals surface area contributed by atoms with Crippen molar-refractivity contribution in [2.24, 2.45) is 0 Å². The van der Waals surface area contributed by atoms with Crippen LogP contribution in [0.2, 0.25) is 0 Å². The molecule has 1 atom stereocenters. The largest absolute Gasteiger partial charge is 0.368 e. The molecule has 3 amide bonds. The number of piperazine rings is 1. The van der Waals surface area contributed by atoms with Gasteiger partial charge in [0.05, 0.1) is 11.1 Å². The zero-order valence-corrected chi connectivity index (χ0v) is 18.3. The average molecular weight is 440 g/mol. The molecule has 1 saturated heterocycles. The fraction of sp³-hybridized carbons (Fsp3) is 0.222. The van der Waals surface area contributed by atoms with Crippen LogP contribution in [-0.4, -0.2) is 59.7 Å². The van der Waals surface area contributed by atoms with Gasteiger partial charge in [-0.1, -0.05) is 60.7 Å². The molecule has 3 aromatic rings. The van der Waals surface area contributed by atoms with Crippen LogP contribution in [0.4, 0.5) is 5.69 Å². The van der Waals surface area contributed by atoms with Crippen LogP contribution in [0.5, 0.6) is 0 Å². The van der Waals surface area contributed by atoms with Gasteiger partial charge in [-0.05, 0) is 29.8 Å². The highest BCUT2D eigenvalue weighted by Gasteiger charge is 2.44. The van der Waals surface area contributed by atoms with Crippen molar-refractivity contribution in [3.63, 3.8) is 0 Å². The monoisotopic (exact) mass is 439 g/mol. The maximum atomic E-state index is 13.7. The van der Waals surface area contributed by atoms with Crippen molar-refractivity contribution in [2.75, 3.05) is 31.1 Å². The van der Waals surface area contributed by atoms with Crippen LogP contribution in [-0.2, 0) is 11.2 Å². The standard InChI is InChI=1S/C27H25N3O3/c31-25-22-13-7-8-14-23(22)26(32)30(25)24(19-20-9-3-1-4-10-20)27(33)29-17-15-28(16-18-29)21-11-5-2-6-12-21/h1-14,24H,15-19H2/t24-/m0/s1. The van der Waals surface area contributed by atoms with Crippen LogP contribution >= 0.6 is 0 Å². The van der Waals surface area contributed by atoms with E-state index in [1.807, 2.05) is 48.5 Å². The van der Waals surface area contributed by atoms with E-state index in [2.05, 4.69) is 17.0 Å². The number of hydrogen-bond acceptors (Lipinski definition) is 4. The minimum absolute atomic E-state index is 0.180. The summed E-state index contributed by atoms with van der Waals surface area (Å²) in [5.41, 5.74) is 2.77. The summed E-state index contributed by atoms with van der Waals surface area (Å²) in [6.07, 6.45) is 0.296. The molecule has 0 saturated carbocycles. The second-order valence-corrected chi connectivity index (χ2v) is 8.38. The Morgan fingerprint density at radius 1 is 0.697 bits per heavy atom. The number of rotatable bonds is 5. The number of para-hydroxylation sites is 1. The highest BCUT2D eigenvalue weighted by molar-refractivity contribution is 6.22. The molecule has 6 heteroatoms. The van der Waals surface area contributed by atoms with Crippen molar-refractivity contribution in [2.45, 2.75) is 12.5 Å². The first-order valence-corrected chi connectivity index (χ1v) is 11.2. The highest BCUT2D eigenvalue weighted by atomic mass is 16.2. The van der Waals surface area contributed by atoms with Gasteiger partial charge in [0.2, 0.25) is 5.91 Å². The Morgan fingerprint density at radius 3 is 1.79 bits per heavy atom. The van der Waals surface area contributed by atoms with Crippen LogP contribution in [0.3, 0.4) is 0 Å². The summed E-state index contributed by atoms with van der Waals surface area (Å²) >= 11 is 0. The predicted octanol–water partition coefficient (Wildman–Crippen LogP) is 3.24. The first kappa shape index (κ1) is 20.9. The fourth-order valence-electron chi connectivity index (χ4n) is 4.65. The van der Waals surface area contributed by atoms with Crippen molar-refractivity contribution in [1.29, 1.82) is 0 Å². The lowest BCUT2D eigenvalue weighted by molar-refractivity contribution is -0.135. The van der Waals surface area contributed by atoms with E-state index in [0.29, 0.717) is 43.7 Å². The van der Waals surface area contributed by atoms with Crippen LogP contribution in [0.15, 0.2) is 84.9 Å². The summed E-state index contributed by atoms with van der Waals surface area (Å²) in [5.74, 6) is -0.971. The number of carbonyl (C=O) groups excluding carboxylic acids is 3. The third-order valence-electron chi connectivity index (χ3n) is 6.41. The summed E-state index contributed by atoms with van der Waals surface area (Å²) in [6, 6.07) is 25.6. The van der Waals surface area contributed by atoms with Gasteiger partial charge in [0.25, 0.3) is 11.8 Å². The van der Waals surface area contributed by atoms with E-state index in [1.165, 1.54) is 4.90 Å². The fourth-order valence-corrected chi connectivity index (χ4v) is 4.65. The van der Waals surface area contributed by atoms with Gasteiger partial charge in [-0.15, -0.1) is 0 Å². The van der Waals surface area contributed by atoms with Gasteiger partial charge < -0.3 is 9.80 Å². The lowest BCUT2D eigenvalue weighted by Crippen LogP contribution is -2.56. The van der Waals surface area contributed by atoms with Crippen LogP contribution < -0.4 is 4.90 Å². The van der Waals surface area contributed by atoms with E-state index in [1.54, 1.807) is 29.2 Å². The molecule has 3 aromatic carbocycles. The molecule has 5 rings (SSSR count). The molecule has 0 spiro atoms. The molecule has 0 bridgehead atoms. The molecule has 6 nitrogen and oxygen atoms in total. The van der Waals surface area contributed by atoms with Gasteiger partial charge in [0.15, 0.2) is 0 Å². The second-order valence-electron chi connectivity index (χ2n) is 8.38. The second kappa shape index (κ2) is 8.90. The van der Waals surface area contributed by atoms with Crippen LogP contribution in [0.1, 0.15) is 26.3 Å². The maximum absolute atomic E-state index is 13.7. The molecule has 0 aliphatic carbocycles. The molecule has 0 aromatic heterocycles. The summed E-state index contributed by atoms with van der Waals surface area (Å²) < 4.78 is 0. The number of imide groups is 1. The number of anilines is 1. The minimum Gasteiger partial charge on any atom is -0.368 e. The summed E-state index contributed by atoms with van der Waals surface area (Å²) in [4.78, 5) is 45.3. The average Bonchev–Trinajstić information content (AvgIpc) is 3.13. The lowest BCUT2D eigenvalue weighted by Gasteiger charge is -2.38. The van der Waals surface area contributed by atoms with Crippen LogP contribution in [0.25, 0.3) is 0 Å². The highest BCUT2D eigenvalue weighted by Crippen LogP contribution is 2.27. The Bertz CT molecular complexity index is 1140. The Morgan fingerprint density at radius 2 is 1.21 bits per heavy atom. The molecule has 0 unspecified atom stereocenters. The predicted molar refractivity (Wildman–Crippen MR) is 126 cm³/mol. The molecular weight excluding hydrogens is 414 g/mol. The Balaban J connectivity index is 1.39. The Labute approximate surface area is 193 Å². The minimum atomic E-state index is -0.872. The molecule has 2 heterocycles. The molecule has 1 fully saturated rings. The number of hydrogen-bond donors (Lipinski definition) is 0. The maximum Gasteiger partial charge on any atom is 0.262 e. The lowest BCUT2D eigenvalue weighted by atomic mass is 10.0. The summed E-state index contributed by atoms with van der Waals surface area (Å²) in [5, 5.41) is 0. The Hall–Kier alpha value is -3.93. The summed E-state index contributed by atoms with van der Waals surface area (Å²) in [6.45, 7) is 2.50. The molecule has 2 aliphatic heterocycles. The van der Waals surface area contributed by atoms with Crippen molar-refractivity contribution in [3.8, 4) is 0 Å². The van der Waals surface area contributed by atoms with Gasteiger partial charge in [0, 0.05) is 38.3 Å². The van der Waals surface area contributed by atoms with E-state index in [0.717, 1.165) is 11.3 Å². The van der Waals surface area contributed by atoms with Crippen molar-refractivity contribution in [1.82, 2.24) is 9.80 Å². The number of amides is 3. The molecule has 2 aliphatic rings. The van der Waals surface area contributed by atoms with Crippen molar-refractivity contribution >= 4 is 23.4 Å². The van der Waals surface area contributed by atoms with E-state index >= 15 is 0 Å². The van der Waals surface area contributed by atoms with Gasteiger partial charge in [-0.25, -0.2) is 0 Å². The van der Waals surface area contributed by atoms with E-state index in [4.69, 9.17) is 0 Å². The van der Waals surface area contributed by atoms with Gasteiger partial charge >= 0.3 is 0 Å². The first-order valence-electron chi connectivity index (χ1n) is 11.2. The number of benzene rings is 3. The number of carbonyl (C=O) groups is 3. The zero-order valence-electron chi connectivity index (χ0n) is 18.3. The topological polar surface area (TPSA) is 60.9 Å². The third kappa shape index (κ3) is 4.00. The SMILES string of the molecule is O=C([C@H](Cc1ccccc1)N1C(=O)c2ccccc2C1=O)N1CCN(c2ccccc2)CC1. The third-order valence-corrected chi connectivity index (χ3v) is 6.41. The molecule has 0 N–H and O–H groups in total. The normalized spacial score (nSPS) is 16.7. The smallest absolute Gasteiger partial charge is 0.262 e. The summed E-state index contributed by atoms with van der Waals surface area (Å²) in [7, 11) is 0. The molecule has 0 radical (unpaired) electrons. The van der Waals surface area contributed by atoms with E-state index < -0.39 is 17.9 Å². The zero-order chi connectivity index (χ0) is 22.8. The molecular formula is C27H25N3O3. The van der Waals surface area contributed by atoms with E-state index in [-0.39, 0.29) is 5.91 Å². The van der Waals surface area contributed by atoms with Gasteiger partial charge in [0.1, 0.15) is 6.04 Å². The van der Waals surface area contributed by atoms with Crippen LogP contribution in [0, 0.1) is 0 Å². The molecule has 166 valence electrons. The van der Waals surface area contributed by atoms with Gasteiger partial charge in [-0.3, -0.25) is 19.3 Å². The number of fused-ring (bicyclic) bond motifs is 1. The Kier molecular flexibility index (Phi) is 5.65. The van der Waals surface area contributed by atoms with Crippen molar-refractivity contribution < 1.29 is 14.4 Å². The van der Waals surface area contributed by atoms with Crippen molar-refractivity contribution in [3.05, 3.63) is 102 Å². The number of nitrogens with zero attached hydrogens (tertiary/aromatic N) is 3. The quantitative estimate of drug-likeness (QED) is 0.573.